The van der Waals surface area contributed by atoms with E-state index >= 15 is 0 Å². The molecule has 1 aliphatic rings. The number of nitrogens with one attached hydrogen (secondary N) is 1. The molecule has 1 fully saturated rings. The molecule has 174 valence electrons. The molecule has 0 spiro atoms. The second-order valence-electron chi connectivity index (χ2n) is 8.85. The SMILES string of the molecule is CCc1ccc2oc(C(=O)NC[C@@H](c3ccc(C(C)C)cc3)N3CCOCC3)cc(=O)c2c1. The van der Waals surface area contributed by atoms with E-state index in [9.17, 15) is 9.59 Å². The van der Waals surface area contributed by atoms with Crippen LogP contribution in [0, 0.1) is 0 Å². The number of carbonyl (C=O) groups excluding carboxylic acids is 1. The summed E-state index contributed by atoms with van der Waals surface area (Å²) in [6.45, 7) is 9.75. The third kappa shape index (κ3) is 5.34. The smallest absolute Gasteiger partial charge is 0.287 e. The Morgan fingerprint density at radius 1 is 1.03 bits per heavy atom. The maximum atomic E-state index is 12.9. The van der Waals surface area contributed by atoms with Crippen LogP contribution in [0.2, 0.25) is 0 Å². The van der Waals surface area contributed by atoms with Crippen molar-refractivity contribution < 1.29 is 13.9 Å². The van der Waals surface area contributed by atoms with Crippen molar-refractivity contribution in [3.63, 3.8) is 0 Å². The number of morpholine rings is 1. The van der Waals surface area contributed by atoms with Gasteiger partial charge in [0.1, 0.15) is 5.58 Å². The number of rotatable bonds is 7. The second kappa shape index (κ2) is 10.3. The first-order chi connectivity index (χ1) is 16.0. The fourth-order valence-corrected chi connectivity index (χ4v) is 4.26. The molecule has 0 bridgehead atoms. The normalized spacial score (nSPS) is 15.6. The number of fused-ring (bicyclic) bond motifs is 1. The van der Waals surface area contributed by atoms with Gasteiger partial charge in [-0.2, -0.15) is 0 Å². The molecule has 2 heterocycles. The van der Waals surface area contributed by atoms with E-state index in [1.807, 2.05) is 19.1 Å². The fraction of sp³-hybridized carbons (Fsp3) is 0.407. The maximum Gasteiger partial charge on any atom is 0.287 e. The Morgan fingerprint density at radius 3 is 2.39 bits per heavy atom. The zero-order chi connectivity index (χ0) is 23.4. The van der Waals surface area contributed by atoms with Crippen molar-refractivity contribution in [1.29, 1.82) is 0 Å². The van der Waals surface area contributed by atoms with Gasteiger partial charge in [-0.25, -0.2) is 0 Å². The van der Waals surface area contributed by atoms with E-state index in [-0.39, 0.29) is 23.1 Å². The first-order valence-corrected chi connectivity index (χ1v) is 11.7. The average molecular weight is 449 g/mol. The minimum absolute atomic E-state index is 0.0124. The van der Waals surface area contributed by atoms with Crippen molar-refractivity contribution in [2.45, 2.75) is 39.2 Å². The lowest BCUT2D eigenvalue weighted by atomic mass is 9.98. The molecule has 1 saturated heterocycles. The van der Waals surface area contributed by atoms with E-state index in [4.69, 9.17) is 9.15 Å². The van der Waals surface area contributed by atoms with Gasteiger partial charge in [0.25, 0.3) is 5.91 Å². The summed E-state index contributed by atoms with van der Waals surface area (Å²) in [7, 11) is 0. The number of benzene rings is 2. The highest BCUT2D eigenvalue weighted by atomic mass is 16.5. The van der Waals surface area contributed by atoms with Crippen LogP contribution in [0.25, 0.3) is 11.0 Å². The van der Waals surface area contributed by atoms with Gasteiger partial charge in [0.05, 0.1) is 24.6 Å². The number of hydrogen-bond acceptors (Lipinski definition) is 5. The van der Waals surface area contributed by atoms with Crippen molar-refractivity contribution in [3.05, 3.63) is 81.2 Å². The molecule has 1 aromatic heterocycles. The lowest BCUT2D eigenvalue weighted by Gasteiger charge is -2.35. The molecule has 2 aromatic carbocycles. The third-order valence-corrected chi connectivity index (χ3v) is 6.35. The zero-order valence-corrected chi connectivity index (χ0v) is 19.6. The number of amides is 1. The minimum Gasteiger partial charge on any atom is -0.451 e. The van der Waals surface area contributed by atoms with E-state index in [0.29, 0.717) is 36.6 Å². The van der Waals surface area contributed by atoms with Crippen LogP contribution in [0.4, 0.5) is 0 Å². The minimum atomic E-state index is -0.384. The molecule has 1 amide bonds. The summed E-state index contributed by atoms with van der Waals surface area (Å²) in [5, 5.41) is 3.49. The predicted molar refractivity (Wildman–Crippen MR) is 130 cm³/mol. The summed E-state index contributed by atoms with van der Waals surface area (Å²) in [5.74, 6) is 0.114. The summed E-state index contributed by atoms with van der Waals surface area (Å²) in [6, 6.07) is 15.4. The van der Waals surface area contributed by atoms with Crippen molar-refractivity contribution in [1.82, 2.24) is 10.2 Å². The average Bonchev–Trinajstić information content (AvgIpc) is 2.84. The van der Waals surface area contributed by atoms with Gasteiger partial charge in [0, 0.05) is 25.7 Å². The molecule has 1 aliphatic heterocycles. The monoisotopic (exact) mass is 448 g/mol. The molecule has 0 unspecified atom stereocenters. The number of aryl methyl sites for hydroxylation is 1. The Labute approximate surface area is 194 Å². The number of ether oxygens (including phenoxy) is 1. The third-order valence-electron chi connectivity index (χ3n) is 6.35. The van der Waals surface area contributed by atoms with Crippen LogP contribution >= 0.6 is 0 Å². The van der Waals surface area contributed by atoms with Crippen LogP contribution in [0.1, 0.15) is 60.0 Å². The van der Waals surface area contributed by atoms with Crippen LogP contribution in [-0.2, 0) is 11.2 Å². The van der Waals surface area contributed by atoms with E-state index in [2.05, 4.69) is 48.3 Å². The number of nitrogens with zero attached hydrogens (tertiary/aromatic N) is 1. The Balaban J connectivity index is 1.54. The van der Waals surface area contributed by atoms with Gasteiger partial charge in [-0.15, -0.1) is 0 Å². The van der Waals surface area contributed by atoms with Crippen molar-refractivity contribution in [2.24, 2.45) is 0 Å². The molecule has 6 nitrogen and oxygen atoms in total. The van der Waals surface area contributed by atoms with Crippen LogP contribution in [0.3, 0.4) is 0 Å². The quantitative estimate of drug-likeness (QED) is 0.584. The lowest BCUT2D eigenvalue weighted by Crippen LogP contribution is -2.43. The van der Waals surface area contributed by atoms with Crippen LogP contribution < -0.4 is 10.7 Å². The van der Waals surface area contributed by atoms with Crippen LogP contribution in [0.15, 0.2) is 57.7 Å². The topological polar surface area (TPSA) is 71.8 Å². The second-order valence-corrected chi connectivity index (χ2v) is 8.85. The summed E-state index contributed by atoms with van der Waals surface area (Å²) >= 11 is 0. The molecule has 6 heteroatoms. The van der Waals surface area contributed by atoms with Gasteiger partial charge in [0.15, 0.2) is 11.2 Å². The van der Waals surface area contributed by atoms with Gasteiger partial charge in [0.2, 0.25) is 0 Å². The first kappa shape index (κ1) is 23.2. The Morgan fingerprint density at radius 2 is 1.73 bits per heavy atom. The Kier molecular flexibility index (Phi) is 7.26. The fourth-order valence-electron chi connectivity index (χ4n) is 4.26. The Bertz CT molecular complexity index is 1160. The highest BCUT2D eigenvalue weighted by Gasteiger charge is 2.24. The van der Waals surface area contributed by atoms with Gasteiger partial charge in [-0.1, -0.05) is 51.1 Å². The van der Waals surface area contributed by atoms with E-state index in [0.717, 1.165) is 30.6 Å². The molecular weight excluding hydrogens is 416 g/mol. The van der Waals surface area contributed by atoms with Crippen LogP contribution in [-0.4, -0.2) is 43.7 Å². The van der Waals surface area contributed by atoms with Crippen molar-refractivity contribution >= 4 is 16.9 Å². The molecule has 4 rings (SSSR count). The van der Waals surface area contributed by atoms with Crippen molar-refractivity contribution in [2.75, 3.05) is 32.8 Å². The van der Waals surface area contributed by atoms with Gasteiger partial charge >= 0.3 is 0 Å². The standard InChI is InChI=1S/C27H32N2O4/c1-4-19-5-10-25-22(15-19)24(30)16-26(33-25)27(31)28-17-23(29-11-13-32-14-12-29)21-8-6-20(7-9-21)18(2)3/h5-10,15-16,18,23H,4,11-14,17H2,1-3H3,(H,28,31)/t23-/m0/s1. The molecule has 0 radical (unpaired) electrons. The molecule has 0 saturated carbocycles. The summed E-state index contributed by atoms with van der Waals surface area (Å²) < 4.78 is 11.3. The number of hydrogen-bond donors (Lipinski definition) is 1. The highest BCUT2D eigenvalue weighted by molar-refractivity contribution is 5.93. The summed E-state index contributed by atoms with van der Waals surface area (Å²) in [6.07, 6.45) is 0.832. The van der Waals surface area contributed by atoms with Gasteiger partial charge < -0.3 is 14.5 Å². The molecule has 33 heavy (non-hydrogen) atoms. The predicted octanol–water partition coefficient (Wildman–Crippen LogP) is 4.28. The molecule has 0 aliphatic carbocycles. The van der Waals surface area contributed by atoms with E-state index < -0.39 is 0 Å². The molecule has 1 atom stereocenters. The zero-order valence-electron chi connectivity index (χ0n) is 19.6. The number of carbonyl (C=O) groups is 1. The largest absolute Gasteiger partial charge is 0.451 e. The van der Waals surface area contributed by atoms with Crippen molar-refractivity contribution in [3.8, 4) is 0 Å². The molecular formula is C27H32N2O4. The van der Waals surface area contributed by atoms with E-state index in [1.54, 1.807) is 6.07 Å². The first-order valence-electron chi connectivity index (χ1n) is 11.7. The summed E-state index contributed by atoms with van der Waals surface area (Å²) in [4.78, 5) is 27.9. The van der Waals surface area contributed by atoms with Gasteiger partial charge in [-0.3, -0.25) is 14.5 Å². The Hall–Kier alpha value is -2.96. The lowest BCUT2D eigenvalue weighted by molar-refractivity contribution is 0.0161. The van der Waals surface area contributed by atoms with Crippen LogP contribution in [0.5, 0.6) is 0 Å². The van der Waals surface area contributed by atoms with E-state index in [1.165, 1.54) is 11.6 Å². The molecule has 3 aromatic rings. The van der Waals surface area contributed by atoms with Gasteiger partial charge in [-0.05, 0) is 41.2 Å². The maximum absolute atomic E-state index is 12.9. The molecule has 1 N–H and O–H groups in total. The highest BCUT2D eigenvalue weighted by Crippen LogP contribution is 2.24. The summed E-state index contributed by atoms with van der Waals surface area (Å²) in [5.41, 5.74) is 3.72.